The van der Waals surface area contributed by atoms with Crippen LogP contribution < -0.4 is 10.1 Å². The number of aromatic nitrogens is 4. The predicted molar refractivity (Wildman–Crippen MR) is 111 cm³/mol. The van der Waals surface area contributed by atoms with Gasteiger partial charge in [0.1, 0.15) is 5.75 Å². The molecule has 2 aromatic carbocycles. The number of hydrogen-bond acceptors (Lipinski definition) is 6. The molecule has 2 aromatic heterocycles. The summed E-state index contributed by atoms with van der Waals surface area (Å²) in [7, 11) is 1.60. The molecule has 4 rings (SSSR count). The number of methoxy groups -OCH3 is 1. The summed E-state index contributed by atoms with van der Waals surface area (Å²) in [5.74, 6) is 0.448. The molecule has 1 amide bonds. The average Bonchev–Trinajstić information content (AvgIpc) is 3.39. The Hall–Kier alpha value is -3.65. The molecule has 0 fully saturated rings. The quantitative estimate of drug-likeness (QED) is 0.506. The number of hydrogen-bond donors (Lipinski definition) is 1. The fourth-order valence-corrected chi connectivity index (χ4v) is 3.09. The number of benzene rings is 2. The lowest BCUT2D eigenvalue weighted by Crippen LogP contribution is -2.23. The Balaban J connectivity index is 1.48. The molecule has 4 aromatic rings. The normalized spacial score (nSPS) is 10.8. The maximum absolute atomic E-state index is 12.4. The van der Waals surface area contributed by atoms with E-state index in [1.807, 2.05) is 49.4 Å². The number of nitrogens with zero attached hydrogens (tertiary/aromatic N) is 4. The first-order valence-corrected chi connectivity index (χ1v) is 9.49. The second kappa shape index (κ2) is 8.38. The summed E-state index contributed by atoms with van der Waals surface area (Å²) in [5, 5.41) is 11.7. The van der Waals surface area contributed by atoms with Gasteiger partial charge in [-0.1, -0.05) is 41.0 Å². The monoisotopic (exact) mass is 423 g/mol. The van der Waals surface area contributed by atoms with Gasteiger partial charge in [-0.3, -0.25) is 4.79 Å². The van der Waals surface area contributed by atoms with Crippen molar-refractivity contribution in [1.29, 1.82) is 0 Å². The van der Waals surface area contributed by atoms with E-state index in [0.717, 1.165) is 17.0 Å². The minimum Gasteiger partial charge on any atom is -0.497 e. The third kappa shape index (κ3) is 4.04. The van der Waals surface area contributed by atoms with E-state index in [2.05, 4.69) is 20.6 Å². The zero-order chi connectivity index (χ0) is 21.1. The Morgan fingerprint density at radius 2 is 1.97 bits per heavy atom. The van der Waals surface area contributed by atoms with Crippen molar-refractivity contribution in [2.75, 3.05) is 7.11 Å². The lowest BCUT2D eigenvalue weighted by molar-refractivity contribution is 0.0907. The molecule has 0 bridgehead atoms. The van der Waals surface area contributed by atoms with Gasteiger partial charge in [-0.2, -0.15) is 10.1 Å². The third-order valence-electron chi connectivity index (χ3n) is 4.47. The first-order valence-electron chi connectivity index (χ1n) is 9.11. The standard InChI is InChI=1S/C21H18ClN5O3/c1-13-16(12-27(25-13)18-6-4-3-5-17(18)22)19-24-21(30-26-19)20(28)23-11-14-7-9-15(29-2)10-8-14/h3-10,12H,11H2,1-2H3,(H,23,28). The van der Waals surface area contributed by atoms with Crippen molar-refractivity contribution in [1.82, 2.24) is 25.2 Å². The zero-order valence-electron chi connectivity index (χ0n) is 16.3. The minimum atomic E-state index is -0.458. The Labute approximate surface area is 177 Å². The topological polar surface area (TPSA) is 95.1 Å². The van der Waals surface area contributed by atoms with Gasteiger partial charge in [-0.15, -0.1) is 0 Å². The summed E-state index contributed by atoms with van der Waals surface area (Å²) in [6.45, 7) is 2.15. The number of rotatable bonds is 6. The van der Waals surface area contributed by atoms with E-state index in [9.17, 15) is 4.79 Å². The first-order chi connectivity index (χ1) is 14.5. The van der Waals surface area contributed by atoms with Crippen LogP contribution in [0.15, 0.2) is 59.3 Å². The highest BCUT2D eigenvalue weighted by molar-refractivity contribution is 6.32. The van der Waals surface area contributed by atoms with Gasteiger partial charge < -0.3 is 14.6 Å². The second-order valence-electron chi connectivity index (χ2n) is 6.48. The smallest absolute Gasteiger partial charge is 0.316 e. The van der Waals surface area contributed by atoms with Crippen molar-refractivity contribution in [3.8, 4) is 22.8 Å². The predicted octanol–water partition coefficient (Wildman–Crippen LogP) is 3.82. The highest BCUT2D eigenvalue weighted by Gasteiger charge is 2.19. The van der Waals surface area contributed by atoms with E-state index < -0.39 is 5.91 Å². The van der Waals surface area contributed by atoms with Crippen molar-refractivity contribution in [2.45, 2.75) is 13.5 Å². The average molecular weight is 424 g/mol. The number of para-hydroxylation sites is 1. The Morgan fingerprint density at radius 3 is 2.70 bits per heavy atom. The second-order valence-corrected chi connectivity index (χ2v) is 6.89. The van der Waals surface area contributed by atoms with Crippen LogP contribution in [0.25, 0.3) is 17.1 Å². The summed E-state index contributed by atoms with van der Waals surface area (Å²) in [6.07, 6.45) is 1.75. The highest BCUT2D eigenvalue weighted by atomic mass is 35.5. The van der Waals surface area contributed by atoms with Gasteiger partial charge in [0.15, 0.2) is 0 Å². The molecular formula is C21H18ClN5O3. The van der Waals surface area contributed by atoms with E-state index in [1.54, 1.807) is 24.1 Å². The Bertz CT molecular complexity index is 1180. The molecule has 30 heavy (non-hydrogen) atoms. The maximum atomic E-state index is 12.4. The van der Waals surface area contributed by atoms with Crippen molar-refractivity contribution < 1.29 is 14.1 Å². The van der Waals surface area contributed by atoms with E-state index in [1.165, 1.54) is 0 Å². The number of amides is 1. The molecule has 0 aliphatic carbocycles. The molecule has 8 nitrogen and oxygen atoms in total. The summed E-state index contributed by atoms with van der Waals surface area (Å²) in [6, 6.07) is 14.7. The van der Waals surface area contributed by atoms with Gasteiger partial charge in [0.2, 0.25) is 5.82 Å². The molecule has 0 unspecified atom stereocenters. The first kappa shape index (κ1) is 19.7. The van der Waals surface area contributed by atoms with Crippen LogP contribution in [0.4, 0.5) is 0 Å². The molecule has 0 aliphatic heterocycles. The van der Waals surface area contributed by atoms with Crippen molar-refractivity contribution in [3.05, 3.63) is 76.9 Å². The number of halogens is 1. The number of nitrogens with one attached hydrogen (secondary N) is 1. The minimum absolute atomic E-state index is 0.122. The summed E-state index contributed by atoms with van der Waals surface area (Å²) >= 11 is 6.24. The Kier molecular flexibility index (Phi) is 5.49. The number of aryl methyl sites for hydroxylation is 1. The molecule has 152 valence electrons. The highest BCUT2D eigenvalue weighted by Crippen LogP contribution is 2.25. The largest absolute Gasteiger partial charge is 0.497 e. The van der Waals surface area contributed by atoms with Gasteiger partial charge in [-0.05, 0) is 36.8 Å². The van der Waals surface area contributed by atoms with Crippen LogP contribution in [-0.2, 0) is 6.54 Å². The van der Waals surface area contributed by atoms with Gasteiger partial charge in [0.25, 0.3) is 0 Å². The van der Waals surface area contributed by atoms with Gasteiger partial charge in [-0.25, -0.2) is 4.68 Å². The third-order valence-corrected chi connectivity index (χ3v) is 4.79. The molecule has 0 saturated carbocycles. The maximum Gasteiger partial charge on any atom is 0.316 e. The van der Waals surface area contributed by atoms with Gasteiger partial charge >= 0.3 is 11.8 Å². The van der Waals surface area contributed by atoms with E-state index in [0.29, 0.717) is 22.8 Å². The van der Waals surface area contributed by atoms with Crippen LogP contribution in [0.5, 0.6) is 5.75 Å². The molecule has 0 atom stereocenters. The summed E-state index contributed by atoms with van der Waals surface area (Å²) < 4.78 is 11.9. The van der Waals surface area contributed by atoms with Gasteiger partial charge in [0, 0.05) is 12.7 Å². The van der Waals surface area contributed by atoms with E-state index in [4.69, 9.17) is 20.9 Å². The molecule has 0 aliphatic rings. The molecular weight excluding hydrogens is 406 g/mol. The van der Waals surface area contributed by atoms with E-state index in [-0.39, 0.29) is 11.7 Å². The zero-order valence-corrected chi connectivity index (χ0v) is 17.1. The fourth-order valence-electron chi connectivity index (χ4n) is 2.87. The summed E-state index contributed by atoms with van der Waals surface area (Å²) in [5.41, 5.74) is 2.98. The van der Waals surface area contributed by atoms with Crippen LogP contribution in [0.1, 0.15) is 21.9 Å². The van der Waals surface area contributed by atoms with Crippen LogP contribution in [0.2, 0.25) is 5.02 Å². The van der Waals surface area contributed by atoms with Gasteiger partial charge in [0.05, 0.1) is 29.1 Å². The van der Waals surface area contributed by atoms with E-state index >= 15 is 0 Å². The van der Waals surface area contributed by atoms with Crippen LogP contribution >= 0.6 is 11.6 Å². The van der Waals surface area contributed by atoms with Crippen molar-refractivity contribution >= 4 is 17.5 Å². The molecule has 9 heteroatoms. The SMILES string of the molecule is COc1ccc(CNC(=O)c2nc(-c3cn(-c4ccccc4Cl)nc3C)no2)cc1. The van der Waals surface area contributed by atoms with Crippen molar-refractivity contribution in [3.63, 3.8) is 0 Å². The number of carbonyl (C=O) groups excluding carboxylic acids is 1. The van der Waals surface area contributed by atoms with Crippen molar-refractivity contribution in [2.24, 2.45) is 0 Å². The number of carbonyl (C=O) groups is 1. The molecule has 0 spiro atoms. The Morgan fingerprint density at radius 1 is 1.20 bits per heavy atom. The lowest BCUT2D eigenvalue weighted by Gasteiger charge is -2.04. The van der Waals surface area contributed by atoms with Crippen LogP contribution in [0.3, 0.4) is 0 Å². The molecule has 1 N–H and O–H groups in total. The number of ether oxygens (including phenoxy) is 1. The molecule has 0 radical (unpaired) electrons. The molecule has 0 saturated heterocycles. The molecule has 2 heterocycles. The van der Waals surface area contributed by atoms with Crippen LogP contribution in [0, 0.1) is 6.92 Å². The summed E-state index contributed by atoms with van der Waals surface area (Å²) in [4.78, 5) is 16.6. The lowest BCUT2D eigenvalue weighted by atomic mass is 10.2. The fraction of sp³-hybridized carbons (Fsp3) is 0.143. The van der Waals surface area contributed by atoms with Crippen LogP contribution in [-0.4, -0.2) is 32.9 Å².